The van der Waals surface area contributed by atoms with Gasteiger partial charge in [0, 0.05) is 54.4 Å². The van der Waals surface area contributed by atoms with Crippen LogP contribution in [-0.2, 0) is 21.2 Å². The standard InChI is InChI=1S/C20H29N3O5S2.ClH/c1-3-16-14-17(15(2)21-20(16)25)18-4-5-19(29-18)30(26,27)23-8-6-22(7-9-23)10-12-28-13-11-24;/h4-5,14,24H,3,6-13H2,1-2H3,(H,21,25);1H. The van der Waals surface area contributed by atoms with Crippen LogP contribution in [0.4, 0.5) is 0 Å². The third-order valence-corrected chi connectivity index (χ3v) is 8.74. The zero-order valence-corrected chi connectivity index (χ0v) is 20.2. The lowest BCUT2D eigenvalue weighted by molar-refractivity contribution is 0.0661. The Bertz CT molecular complexity index is 1010. The number of aliphatic hydroxyl groups excluding tert-OH is 1. The third-order valence-electron chi connectivity index (χ3n) is 5.26. The lowest BCUT2D eigenvalue weighted by Gasteiger charge is -2.33. The van der Waals surface area contributed by atoms with E-state index in [0.717, 1.165) is 22.7 Å². The Morgan fingerprint density at radius 1 is 1.19 bits per heavy atom. The second-order valence-corrected chi connectivity index (χ2v) is 10.5. The fraction of sp³-hybridized carbons (Fsp3) is 0.550. The molecule has 0 aromatic carbocycles. The molecule has 0 spiro atoms. The van der Waals surface area contributed by atoms with Gasteiger partial charge in [-0.15, -0.1) is 23.7 Å². The first kappa shape index (κ1) is 26.0. The minimum Gasteiger partial charge on any atom is -0.394 e. The van der Waals surface area contributed by atoms with Crippen molar-refractivity contribution in [3.63, 3.8) is 0 Å². The van der Waals surface area contributed by atoms with Crippen LogP contribution >= 0.6 is 23.7 Å². The number of pyridine rings is 1. The Morgan fingerprint density at radius 3 is 2.55 bits per heavy atom. The van der Waals surface area contributed by atoms with Crippen LogP contribution in [0.15, 0.2) is 27.2 Å². The highest BCUT2D eigenvalue weighted by molar-refractivity contribution is 7.91. The van der Waals surface area contributed by atoms with E-state index < -0.39 is 10.0 Å². The van der Waals surface area contributed by atoms with E-state index >= 15 is 0 Å². The van der Waals surface area contributed by atoms with Crippen molar-refractivity contribution < 1.29 is 18.3 Å². The average Bonchev–Trinajstić information content (AvgIpc) is 3.22. The molecule has 0 amide bonds. The molecule has 31 heavy (non-hydrogen) atoms. The van der Waals surface area contributed by atoms with Gasteiger partial charge in [0.25, 0.3) is 15.6 Å². The summed E-state index contributed by atoms with van der Waals surface area (Å²) in [6, 6.07) is 5.32. The maximum Gasteiger partial charge on any atom is 0.252 e. The fourth-order valence-corrected chi connectivity index (χ4v) is 6.43. The summed E-state index contributed by atoms with van der Waals surface area (Å²) in [6.07, 6.45) is 0.620. The number of aliphatic hydroxyl groups is 1. The number of hydrogen-bond donors (Lipinski definition) is 2. The molecule has 2 aromatic rings. The molecule has 0 atom stereocenters. The molecule has 3 rings (SSSR count). The van der Waals surface area contributed by atoms with Crippen molar-refractivity contribution in [1.29, 1.82) is 0 Å². The summed E-state index contributed by atoms with van der Waals surface area (Å²) >= 11 is 1.24. The van der Waals surface area contributed by atoms with Crippen LogP contribution in [0.1, 0.15) is 18.2 Å². The van der Waals surface area contributed by atoms with Crippen LogP contribution < -0.4 is 5.56 Å². The maximum atomic E-state index is 13.1. The number of aromatic nitrogens is 1. The van der Waals surface area contributed by atoms with Crippen molar-refractivity contribution in [2.24, 2.45) is 0 Å². The molecule has 0 bridgehead atoms. The van der Waals surface area contributed by atoms with Gasteiger partial charge in [-0.3, -0.25) is 9.69 Å². The zero-order chi connectivity index (χ0) is 21.7. The minimum absolute atomic E-state index is 0. The minimum atomic E-state index is -3.55. The Balaban J connectivity index is 0.00000341. The number of piperazine rings is 1. The number of rotatable bonds is 9. The van der Waals surface area contributed by atoms with Crippen LogP contribution in [0.3, 0.4) is 0 Å². The first-order valence-corrected chi connectivity index (χ1v) is 12.4. The summed E-state index contributed by atoms with van der Waals surface area (Å²) in [7, 11) is -3.55. The van der Waals surface area contributed by atoms with E-state index in [4.69, 9.17) is 9.84 Å². The Kier molecular flexibility index (Phi) is 9.68. The van der Waals surface area contributed by atoms with E-state index in [0.29, 0.717) is 55.6 Å². The largest absolute Gasteiger partial charge is 0.394 e. The fourth-order valence-electron chi connectivity index (χ4n) is 3.47. The van der Waals surface area contributed by atoms with E-state index in [1.807, 2.05) is 26.0 Å². The van der Waals surface area contributed by atoms with Crippen molar-refractivity contribution in [1.82, 2.24) is 14.2 Å². The Labute approximate surface area is 193 Å². The highest BCUT2D eigenvalue weighted by Gasteiger charge is 2.29. The van der Waals surface area contributed by atoms with Gasteiger partial charge in [-0.1, -0.05) is 6.92 Å². The van der Waals surface area contributed by atoms with Crippen molar-refractivity contribution in [3.8, 4) is 10.4 Å². The molecule has 1 aliphatic heterocycles. The number of sulfonamides is 1. The molecule has 2 aromatic heterocycles. The number of hydrogen-bond acceptors (Lipinski definition) is 7. The summed E-state index contributed by atoms with van der Waals surface area (Å²) in [5.41, 5.74) is 2.20. The number of halogens is 1. The van der Waals surface area contributed by atoms with Crippen molar-refractivity contribution in [2.45, 2.75) is 24.5 Å². The van der Waals surface area contributed by atoms with E-state index in [9.17, 15) is 13.2 Å². The molecule has 8 nitrogen and oxygen atoms in total. The van der Waals surface area contributed by atoms with E-state index in [1.165, 1.54) is 15.6 Å². The van der Waals surface area contributed by atoms with Crippen LogP contribution in [-0.4, -0.2) is 80.3 Å². The second-order valence-electron chi connectivity index (χ2n) is 7.22. The predicted molar refractivity (Wildman–Crippen MR) is 125 cm³/mol. The number of H-pyrrole nitrogens is 1. The van der Waals surface area contributed by atoms with Gasteiger partial charge in [0.2, 0.25) is 0 Å². The first-order valence-electron chi connectivity index (χ1n) is 10.1. The molecule has 2 N–H and O–H groups in total. The molecule has 0 radical (unpaired) electrons. The lowest BCUT2D eigenvalue weighted by Crippen LogP contribution is -2.49. The summed E-state index contributed by atoms with van der Waals surface area (Å²) in [4.78, 5) is 17.8. The molecule has 3 heterocycles. The molecule has 1 saturated heterocycles. The van der Waals surface area contributed by atoms with Crippen LogP contribution in [0, 0.1) is 6.92 Å². The molecule has 11 heteroatoms. The topological polar surface area (TPSA) is 103 Å². The monoisotopic (exact) mass is 491 g/mol. The number of nitrogens with one attached hydrogen (secondary N) is 1. The van der Waals surface area contributed by atoms with Gasteiger partial charge in [0.1, 0.15) is 4.21 Å². The predicted octanol–water partition coefficient (Wildman–Crippen LogP) is 1.71. The summed E-state index contributed by atoms with van der Waals surface area (Å²) in [5.74, 6) is 0. The molecular formula is C20H30ClN3O5S2. The number of ether oxygens (including phenoxy) is 1. The SMILES string of the molecule is CCc1cc(-c2ccc(S(=O)(=O)N3CCN(CCOCCO)CC3)s2)c(C)[nH]c1=O.Cl. The third kappa shape index (κ3) is 6.16. The molecule has 1 aliphatic rings. The lowest BCUT2D eigenvalue weighted by atomic mass is 10.1. The number of nitrogens with zero attached hydrogens (tertiary/aromatic N) is 2. The molecule has 1 fully saturated rings. The van der Waals surface area contributed by atoms with Crippen LogP contribution in [0.2, 0.25) is 0 Å². The highest BCUT2D eigenvalue weighted by atomic mass is 35.5. The Hall–Kier alpha value is -1.27. The smallest absolute Gasteiger partial charge is 0.252 e. The molecule has 0 saturated carbocycles. The normalized spacial score (nSPS) is 15.7. The van der Waals surface area contributed by atoms with Gasteiger partial charge in [0.05, 0.1) is 19.8 Å². The van der Waals surface area contributed by atoms with E-state index in [-0.39, 0.29) is 24.6 Å². The first-order chi connectivity index (χ1) is 14.4. The number of aryl methyl sites for hydroxylation is 2. The summed E-state index contributed by atoms with van der Waals surface area (Å²) < 4.78 is 33.4. The van der Waals surface area contributed by atoms with E-state index in [1.54, 1.807) is 6.07 Å². The van der Waals surface area contributed by atoms with Gasteiger partial charge < -0.3 is 14.8 Å². The molecule has 0 aliphatic carbocycles. The zero-order valence-electron chi connectivity index (χ0n) is 17.8. The average molecular weight is 492 g/mol. The molecule has 174 valence electrons. The quantitative estimate of drug-likeness (QED) is 0.518. The van der Waals surface area contributed by atoms with Crippen LogP contribution in [0.25, 0.3) is 10.4 Å². The van der Waals surface area contributed by atoms with Gasteiger partial charge in [0.15, 0.2) is 0 Å². The Morgan fingerprint density at radius 2 is 1.90 bits per heavy atom. The van der Waals surface area contributed by atoms with Gasteiger partial charge in [-0.2, -0.15) is 4.31 Å². The summed E-state index contributed by atoms with van der Waals surface area (Å²) in [5, 5.41) is 8.74. The van der Waals surface area contributed by atoms with Crippen molar-refractivity contribution >= 4 is 33.8 Å². The van der Waals surface area contributed by atoms with E-state index in [2.05, 4.69) is 9.88 Å². The van der Waals surface area contributed by atoms with Crippen LogP contribution in [0.5, 0.6) is 0 Å². The molecular weight excluding hydrogens is 462 g/mol. The van der Waals surface area contributed by atoms with Gasteiger partial charge >= 0.3 is 0 Å². The number of aromatic amines is 1. The van der Waals surface area contributed by atoms with Gasteiger partial charge in [-0.25, -0.2) is 8.42 Å². The van der Waals surface area contributed by atoms with Gasteiger partial charge in [-0.05, 0) is 31.5 Å². The van der Waals surface area contributed by atoms with Crippen molar-refractivity contribution in [3.05, 3.63) is 39.8 Å². The highest BCUT2D eigenvalue weighted by Crippen LogP contribution is 2.33. The number of thiophene rings is 1. The maximum absolute atomic E-state index is 13.1. The van der Waals surface area contributed by atoms with Crippen molar-refractivity contribution in [2.75, 3.05) is 52.5 Å². The summed E-state index contributed by atoms with van der Waals surface area (Å²) in [6.45, 7) is 7.51. The second kappa shape index (κ2) is 11.6. The molecule has 0 unspecified atom stereocenters.